The van der Waals surface area contributed by atoms with E-state index in [1.54, 1.807) is 0 Å². The number of carbonyl (C=O) groups is 2. The summed E-state index contributed by atoms with van der Waals surface area (Å²) in [6, 6.07) is 13.1. The zero-order valence-electron chi connectivity index (χ0n) is 15.3. The van der Waals surface area contributed by atoms with E-state index in [0.717, 1.165) is 17.7 Å². The van der Waals surface area contributed by atoms with Crippen LogP contribution in [0.4, 0.5) is 14.5 Å². The summed E-state index contributed by atoms with van der Waals surface area (Å²) in [7, 11) is 0. The molecule has 0 fully saturated rings. The molecule has 2 aromatic carbocycles. The average Bonchev–Trinajstić information content (AvgIpc) is 2.64. The quantitative estimate of drug-likeness (QED) is 0.659. The van der Waals surface area contributed by atoms with E-state index in [9.17, 15) is 18.4 Å². The maximum atomic E-state index is 13.1. The fourth-order valence-electron chi connectivity index (χ4n) is 2.73. The van der Waals surface area contributed by atoms with Gasteiger partial charge in [-0.3, -0.25) is 9.59 Å². The number of nitrogens with one attached hydrogen (secondary N) is 2. The molecule has 144 valence electrons. The van der Waals surface area contributed by atoms with Gasteiger partial charge in [0.1, 0.15) is 6.04 Å². The molecule has 0 spiro atoms. The van der Waals surface area contributed by atoms with E-state index in [2.05, 4.69) is 24.5 Å². The molecule has 0 unspecified atom stereocenters. The van der Waals surface area contributed by atoms with Crippen LogP contribution in [0, 0.1) is 17.6 Å². The van der Waals surface area contributed by atoms with Crippen LogP contribution >= 0.6 is 0 Å². The summed E-state index contributed by atoms with van der Waals surface area (Å²) in [6.45, 7) is 4.10. The van der Waals surface area contributed by atoms with Crippen molar-refractivity contribution in [3.05, 3.63) is 65.7 Å². The van der Waals surface area contributed by atoms with Gasteiger partial charge < -0.3 is 16.0 Å². The van der Waals surface area contributed by atoms with Crippen molar-refractivity contribution in [2.45, 2.75) is 19.9 Å². The molecular weight excluding hydrogens is 352 g/mol. The Balaban J connectivity index is 1.79. The zero-order valence-corrected chi connectivity index (χ0v) is 15.3. The summed E-state index contributed by atoms with van der Waals surface area (Å²) in [5.74, 6) is -2.51. The van der Waals surface area contributed by atoms with Crippen LogP contribution in [0.5, 0.6) is 0 Å². The topological polar surface area (TPSA) is 74.8 Å². The average molecular weight is 376 g/mol. The highest BCUT2D eigenvalue weighted by Gasteiger charge is 2.20. The van der Waals surface area contributed by atoms with Gasteiger partial charge >= 0.3 is 0 Å². The number of halogens is 2. The summed E-state index contributed by atoms with van der Waals surface area (Å²) >= 11 is 0. The SMILES string of the molecule is CC(C)[C@@H]([NH2+]CC(=O)NCC(=O)Nc1ccc(F)c(F)c1)c1ccccc1. The van der Waals surface area contributed by atoms with Gasteiger partial charge in [-0.15, -0.1) is 0 Å². The zero-order chi connectivity index (χ0) is 19.8. The van der Waals surface area contributed by atoms with E-state index >= 15 is 0 Å². The minimum atomic E-state index is -1.05. The predicted octanol–water partition coefficient (Wildman–Crippen LogP) is 1.98. The third-order valence-corrected chi connectivity index (χ3v) is 4.11. The van der Waals surface area contributed by atoms with Crippen molar-refractivity contribution in [2.75, 3.05) is 18.4 Å². The van der Waals surface area contributed by atoms with Crippen molar-refractivity contribution in [3.63, 3.8) is 0 Å². The lowest BCUT2D eigenvalue weighted by Crippen LogP contribution is -2.88. The molecule has 27 heavy (non-hydrogen) atoms. The molecule has 2 aromatic rings. The van der Waals surface area contributed by atoms with E-state index in [-0.39, 0.29) is 30.7 Å². The minimum absolute atomic E-state index is 0.128. The Hall–Kier alpha value is -2.80. The van der Waals surface area contributed by atoms with Gasteiger partial charge in [0.15, 0.2) is 18.2 Å². The number of amides is 2. The highest BCUT2D eigenvalue weighted by atomic mass is 19.2. The Morgan fingerprint density at radius 3 is 2.33 bits per heavy atom. The summed E-state index contributed by atoms with van der Waals surface area (Å²) < 4.78 is 26.0. The van der Waals surface area contributed by atoms with E-state index in [4.69, 9.17) is 0 Å². The standard InChI is InChI=1S/C20H23F2N3O2/c1-13(2)20(14-6-4-3-5-7-14)24-11-18(26)23-12-19(27)25-15-8-9-16(21)17(22)10-15/h3-10,13,20,24H,11-12H2,1-2H3,(H,23,26)(H,25,27)/p+1/t20-/m1/s1. The van der Waals surface area contributed by atoms with Gasteiger partial charge in [-0.1, -0.05) is 44.2 Å². The van der Waals surface area contributed by atoms with Crippen LogP contribution in [0.2, 0.25) is 0 Å². The van der Waals surface area contributed by atoms with Crippen LogP contribution < -0.4 is 16.0 Å². The second kappa shape index (κ2) is 9.78. The van der Waals surface area contributed by atoms with Gasteiger partial charge in [-0.2, -0.15) is 0 Å². The summed E-state index contributed by atoms with van der Waals surface area (Å²) in [6.07, 6.45) is 0. The number of anilines is 1. The van der Waals surface area contributed by atoms with Gasteiger partial charge in [-0.25, -0.2) is 8.78 Å². The molecule has 0 saturated heterocycles. The second-order valence-corrected chi connectivity index (χ2v) is 6.57. The van der Waals surface area contributed by atoms with Gasteiger partial charge in [0.05, 0.1) is 6.54 Å². The van der Waals surface area contributed by atoms with Crippen LogP contribution in [0.25, 0.3) is 0 Å². The van der Waals surface area contributed by atoms with E-state index in [1.165, 1.54) is 6.07 Å². The fourth-order valence-corrected chi connectivity index (χ4v) is 2.73. The van der Waals surface area contributed by atoms with Gasteiger partial charge in [0.2, 0.25) is 5.91 Å². The van der Waals surface area contributed by atoms with Crippen molar-refractivity contribution in [2.24, 2.45) is 5.92 Å². The number of benzene rings is 2. The molecule has 0 heterocycles. The lowest BCUT2D eigenvalue weighted by atomic mass is 9.96. The highest BCUT2D eigenvalue weighted by Crippen LogP contribution is 2.16. The van der Waals surface area contributed by atoms with Gasteiger partial charge in [-0.05, 0) is 12.1 Å². The van der Waals surface area contributed by atoms with Crippen LogP contribution in [0.1, 0.15) is 25.5 Å². The first kappa shape index (κ1) is 20.5. The Labute approximate surface area is 157 Å². The van der Waals surface area contributed by atoms with Crippen molar-refractivity contribution < 1.29 is 23.7 Å². The molecule has 0 aliphatic rings. The Kier molecular flexibility index (Phi) is 7.43. The van der Waals surface area contributed by atoms with Crippen molar-refractivity contribution in [3.8, 4) is 0 Å². The predicted molar refractivity (Wildman–Crippen MR) is 98.8 cm³/mol. The molecule has 2 amide bonds. The molecule has 0 bridgehead atoms. The van der Waals surface area contributed by atoms with E-state index in [1.807, 2.05) is 35.6 Å². The third kappa shape index (κ3) is 6.45. The second-order valence-electron chi connectivity index (χ2n) is 6.57. The number of quaternary nitrogens is 1. The molecule has 1 atom stereocenters. The van der Waals surface area contributed by atoms with E-state index in [0.29, 0.717) is 5.92 Å². The maximum Gasteiger partial charge on any atom is 0.275 e. The van der Waals surface area contributed by atoms with Crippen LogP contribution in [-0.4, -0.2) is 24.9 Å². The molecular formula is C20H24F2N3O2+. The van der Waals surface area contributed by atoms with Gasteiger partial charge in [0, 0.05) is 23.2 Å². The molecule has 7 heteroatoms. The molecule has 0 aromatic heterocycles. The first-order valence-corrected chi connectivity index (χ1v) is 8.76. The first-order valence-electron chi connectivity index (χ1n) is 8.76. The van der Waals surface area contributed by atoms with Crippen molar-refractivity contribution in [1.82, 2.24) is 5.32 Å². The lowest BCUT2D eigenvalue weighted by molar-refractivity contribution is -0.692. The van der Waals surface area contributed by atoms with Crippen molar-refractivity contribution in [1.29, 1.82) is 0 Å². The Morgan fingerprint density at radius 2 is 1.70 bits per heavy atom. The Bertz CT molecular complexity index is 782. The van der Waals surface area contributed by atoms with Crippen molar-refractivity contribution >= 4 is 17.5 Å². The van der Waals surface area contributed by atoms with Gasteiger partial charge in [0.25, 0.3) is 5.91 Å². The monoisotopic (exact) mass is 376 g/mol. The smallest absolute Gasteiger partial charge is 0.275 e. The van der Waals surface area contributed by atoms with Crippen LogP contribution in [0.15, 0.2) is 48.5 Å². The molecule has 2 rings (SSSR count). The van der Waals surface area contributed by atoms with E-state index < -0.39 is 17.5 Å². The largest absolute Gasteiger partial charge is 0.342 e. The fraction of sp³-hybridized carbons (Fsp3) is 0.300. The molecule has 0 aliphatic carbocycles. The maximum absolute atomic E-state index is 13.1. The number of carbonyl (C=O) groups excluding carboxylic acids is 2. The Morgan fingerprint density at radius 1 is 1.00 bits per heavy atom. The molecule has 4 N–H and O–H groups in total. The summed E-state index contributed by atoms with van der Waals surface area (Å²) in [4.78, 5) is 23.9. The molecule has 0 radical (unpaired) electrons. The number of hydrogen-bond donors (Lipinski definition) is 3. The first-order chi connectivity index (χ1) is 12.9. The highest BCUT2D eigenvalue weighted by molar-refractivity contribution is 5.94. The van der Waals surface area contributed by atoms with Crippen LogP contribution in [-0.2, 0) is 9.59 Å². The lowest BCUT2D eigenvalue weighted by Gasteiger charge is -2.19. The molecule has 0 aliphatic heterocycles. The number of rotatable bonds is 8. The molecule has 0 saturated carbocycles. The summed E-state index contributed by atoms with van der Waals surface area (Å²) in [5, 5.41) is 6.86. The summed E-state index contributed by atoms with van der Waals surface area (Å²) in [5.41, 5.74) is 1.26. The normalized spacial score (nSPS) is 11.9. The molecule has 5 nitrogen and oxygen atoms in total. The van der Waals surface area contributed by atoms with Crippen LogP contribution in [0.3, 0.4) is 0 Å². The minimum Gasteiger partial charge on any atom is -0.342 e. The number of nitrogens with two attached hydrogens (primary N) is 1. The third-order valence-electron chi connectivity index (χ3n) is 4.11. The number of hydrogen-bond acceptors (Lipinski definition) is 2.